The highest BCUT2D eigenvalue weighted by atomic mass is 16.8. The lowest BCUT2D eigenvalue weighted by atomic mass is 9.67. The highest BCUT2D eigenvalue weighted by Crippen LogP contribution is 2.46. The van der Waals surface area contributed by atoms with Gasteiger partial charge in [0.1, 0.15) is 48.5 Å². The molecule has 2 saturated heterocycles. The Bertz CT molecular complexity index is 892. The largest absolute Gasteiger partial charge is 0.462 e. The van der Waals surface area contributed by atoms with Gasteiger partial charge in [-0.15, -0.1) is 0 Å². The summed E-state index contributed by atoms with van der Waals surface area (Å²) in [5.74, 6) is 1.27. The maximum Gasteiger partial charge on any atom is 0.231 e. The van der Waals surface area contributed by atoms with Crippen LogP contribution in [0.25, 0.3) is 0 Å². The zero-order valence-electron chi connectivity index (χ0n) is 24.0. The molecule has 7 N–H and O–H groups in total. The molecule has 1 aromatic rings. The van der Waals surface area contributed by atoms with E-state index >= 15 is 0 Å². The van der Waals surface area contributed by atoms with E-state index in [1.807, 2.05) is 12.1 Å². The summed E-state index contributed by atoms with van der Waals surface area (Å²) >= 11 is 0. The molecule has 2 fully saturated rings. The minimum atomic E-state index is -1.76. The van der Waals surface area contributed by atoms with Crippen LogP contribution in [0.15, 0.2) is 24.3 Å². The van der Waals surface area contributed by atoms with E-state index < -0.39 is 68.2 Å². The molecular formula is C29H48O11. The molecule has 0 radical (unpaired) electrons. The molecule has 0 saturated carbocycles. The van der Waals surface area contributed by atoms with E-state index in [2.05, 4.69) is 34.6 Å². The number of hydrogen-bond donors (Lipinski definition) is 7. The Hall–Kier alpha value is -1.38. The first-order valence-electron chi connectivity index (χ1n) is 14.3. The van der Waals surface area contributed by atoms with E-state index in [4.69, 9.17) is 18.9 Å². The highest BCUT2D eigenvalue weighted by molar-refractivity contribution is 5.31. The average molecular weight is 573 g/mol. The Balaban J connectivity index is 1.75. The quantitative estimate of drug-likeness (QED) is 0.190. The van der Waals surface area contributed by atoms with Crippen molar-refractivity contribution in [1.29, 1.82) is 0 Å². The van der Waals surface area contributed by atoms with Crippen molar-refractivity contribution in [2.75, 3.05) is 6.61 Å². The minimum absolute atomic E-state index is 0.129. The number of rotatable bonds is 12. The Kier molecular flexibility index (Phi) is 11.8. The summed E-state index contributed by atoms with van der Waals surface area (Å²) < 4.78 is 22.2. The van der Waals surface area contributed by atoms with Crippen LogP contribution in [0.5, 0.6) is 5.75 Å². The normalized spacial score (nSPS) is 36.7. The number of benzene rings is 1. The lowest BCUT2D eigenvalue weighted by Gasteiger charge is -2.44. The molecule has 0 aliphatic carbocycles. The molecule has 0 amide bonds. The van der Waals surface area contributed by atoms with E-state index in [1.165, 1.54) is 5.56 Å². The van der Waals surface area contributed by atoms with E-state index in [0.29, 0.717) is 17.6 Å². The molecule has 2 aliphatic heterocycles. The third-order valence-electron chi connectivity index (χ3n) is 8.97. The Morgan fingerprint density at radius 1 is 0.775 bits per heavy atom. The summed E-state index contributed by atoms with van der Waals surface area (Å²) in [4.78, 5) is 0. The molecule has 11 heteroatoms. The van der Waals surface area contributed by atoms with Crippen molar-refractivity contribution >= 4 is 0 Å². The molecule has 12 unspecified atom stereocenters. The van der Waals surface area contributed by atoms with Crippen molar-refractivity contribution in [1.82, 2.24) is 0 Å². The molecule has 2 aliphatic rings. The molecule has 40 heavy (non-hydrogen) atoms. The molecule has 0 spiro atoms. The predicted molar refractivity (Wildman–Crippen MR) is 144 cm³/mol. The molecule has 12 atom stereocenters. The van der Waals surface area contributed by atoms with Gasteiger partial charge in [-0.3, -0.25) is 0 Å². The van der Waals surface area contributed by atoms with Crippen molar-refractivity contribution in [2.45, 2.75) is 128 Å². The second kappa shape index (κ2) is 14.2. The summed E-state index contributed by atoms with van der Waals surface area (Å²) in [7, 11) is 0. The van der Waals surface area contributed by atoms with Crippen molar-refractivity contribution < 1.29 is 54.7 Å². The fourth-order valence-corrected chi connectivity index (χ4v) is 5.39. The van der Waals surface area contributed by atoms with Crippen molar-refractivity contribution in [3.8, 4) is 5.75 Å². The summed E-state index contributed by atoms with van der Waals surface area (Å²) in [5, 5.41) is 71.1. The van der Waals surface area contributed by atoms with Crippen molar-refractivity contribution in [2.24, 2.45) is 11.3 Å². The van der Waals surface area contributed by atoms with Gasteiger partial charge in [-0.2, -0.15) is 0 Å². The van der Waals surface area contributed by atoms with E-state index in [9.17, 15) is 35.7 Å². The maximum absolute atomic E-state index is 10.5. The summed E-state index contributed by atoms with van der Waals surface area (Å²) in [6, 6.07) is 7.53. The van der Waals surface area contributed by atoms with E-state index in [1.54, 1.807) is 12.1 Å². The zero-order chi connectivity index (χ0) is 29.8. The van der Waals surface area contributed by atoms with Gasteiger partial charge in [0.2, 0.25) is 6.29 Å². The van der Waals surface area contributed by atoms with Crippen LogP contribution in [-0.2, 0) is 14.2 Å². The lowest BCUT2D eigenvalue weighted by molar-refractivity contribution is -0.390. The van der Waals surface area contributed by atoms with Crippen molar-refractivity contribution in [3.05, 3.63) is 29.8 Å². The van der Waals surface area contributed by atoms with Crippen LogP contribution in [-0.4, -0.2) is 104 Å². The summed E-state index contributed by atoms with van der Waals surface area (Å²) in [6.45, 7) is 10.5. The number of hydrogen-bond acceptors (Lipinski definition) is 11. The molecule has 1 aromatic carbocycles. The second-order valence-electron chi connectivity index (χ2n) is 11.5. The number of aliphatic hydroxyl groups is 7. The van der Waals surface area contributed by atoms with Crippen LogP contribution in [0.1, 0.15) is 71.8 Å². The monoisotopic (exact) mass is 572 g/mol. The fraction of sp³-hybridized carbons (Fsp3) is 0.793. The first-order valence-corrected chi connectivity index (χ1v) is 14.3. The van der Waals surface area contributed by atoms with Crippen LogP contribution < -0.4 is 4.74 Å². The third kappa shape index (κ3) is 7.15. The predicted octanol–water partition coefficient (Wildman–Crippen LogP) is 0.993. The van der Waals surface area contributed by atoms with Gasteiger partial charge in [-0.25, -0.2) is 0 Å². The van der Waals surface area contributed by atoms with Crippen LogP contribution in [0.2, 0.25) is 0 Å². The molecule has 0 bridgehead atoms. The standard InChI is InChI=1S/C29H48O11/c1-6-15(4)13-18(29(5,7-2)8-3)16-9-11-17(12-10-16)37-26-24(35)22(33)25(36)28(39-26)40-27-23(34)21(32)20(31)19(14-30)38-27/h9-12,15,18-28,30-36H,6-8,13-14H2,1-5H3. The second-order valence-corrected chi connectivity index (χ2v) is 11.5. The van der Waals surface area contributed by atoms with Gasteiger partial charge in [0.25, 0.3) is 0 Å². The van der Waals surface area contributed by atoms with Crippen LogP contribution in [0.3, 0.4) is 0 Å². The van der Waals surface area contributed by atoms with E-state index in [0.717, 1.165) is 25.7 Å². The van der Waals surface area contributed by atoms with Gasteiger partial charge in [-0.05, 0) is 41.4 Å². The smallest absolute Gasteiger partial charge is 0.231 e. The van der Waals surface area contributed by atoms with E-state index in [-0.39, 0.29) is 5.41 Å². The summed E-state index contributed by atoms with van der Waals surface area (Å²) in [6.07, 6.45) is -11.9. The third-order valence-corrected chi connectivity index (χ3v) is 8.97. The highest BCUT2D eigenvalue weighted by Gasteiger charge is 2.50. The molecule has 230 valence electrons. The molecule has 3 rings (SSSR count). The van der Waals surface area contributed by atoms with Gasteiger partial charge in [0, 0.05) is 0 Å². The molecular weight excluding hydrogens is 524 g/mol. The molecule has 11 nitrogen and oxygen atoms in total. The fourth-order valence-electron chi connectivity index (χ4n) is 5.39. The zero-order valence-corrected chi connectivity index (χ0v) is 24.0. The van der Waals surface area contributed by atoms with Gasteiger partial charge in [-0.1, -0.05) is 66.0 Å². The van der Waals surface area contributed by atoms with Crippen LogP contribution in [0, 0.1) is 11.3 Å². The van der Waals surface area contributed by atoms with Gasteiger partial charge >= 0.3 is 0 Å². The van der Waals surface area contributed by atoms with Crippen molar-refractivity contribution in [3.63, 3.8) is 0 Å². The topological polar surface area (TPSA) is 179 Å². The van der Waals surface area contributed by atoms with Crippen LogP contribution >= 0.6 is 0 Å². The van der Waals surface area contributed by atoms with Gasteiger partial charge in [0.15, 0.2) is 12.6 Å². The Labute approximate surface area is 236 Å². The number of aliphatic hydroxyl groups excluding tert-OH is 7. The number of ether oxygens (including phenoxy) is 4. The minimum Gasteiger partial charge on any atom is -0.462 e. The maximum atomic E-state index is 10.5. The Morgan fingerprint density at radius 3 is 1.82 bits per heavy atom. The van der Waals surface area contributed by atoms with Gasteiger partial charge < -0.3 is 54.7 Å². The lowest BCUT2D eigenvalue weighted by Crippen LogP contribution is -2.64. The molecule has 0 aromatic heterocycles. The summed E-state index contributed by atoms with van der Waals surface area (Å²) in [5.41, 5.74) is 1.31. The van der Waals surface area contributed by atoms with Gasteiger partial charge in [0.05, 0.1) is 6.61 Å². The average Bonchev–Trinajstić information content (AvgIpc) is 2.97. The SMILES string of the molecule is CCC(C)CC(c1ccc(OC2OC(OC3OC(CO)C(O)C(O)C3O)C(O)C(O)C2O)cc1)C(C)(CC)CC. The van der Waals surface area contributed by atoms with Crippen LogP contribution in [0.4, 0.5) is 0 Å². The molecule has 2 heterocycles. The Morgan fingerprint density at radius 2 is 1.30 bits per heavy atom. The first-order chi connectivity index (χ1) is 18.9. The first kappa shape index (κ1) is 33.1.